The lowest BCUT2D eigenvalue weighted by atomic mass is 10.1. The fraction of sp³-hybridized carbons (Fsp3) is 0.538. The van der Waals surface area contributed by atoms with Crippen LogP contribution in [0.2, 0.25) is 0 Å². The molecule has 2 rings (SSSR count). The Labute approximate surface area is 92.3 Å². The van der Waals surface area contributed by atoms with E-state index in [4.69, 9.17) is 0 Å². The van der Waals surface area contributed by atoms with Crippen LogP contribution in [0.1, 0.15) is 26.3 Å². The average molecular weight is 204 g/mol. The van der Waals surface area contributed by atoms with Crippen LogP contribution in [0.4, 0.5) is 5.69 Å². The van der Waals surface area contributed by atoms with E-state index in [1.807, 2.05) is 0 Å². The third-order valence-electron chi connectivity index (χ3n) is 3.06. The Kier molecular flexibility index (Phi) is 2.70. The van der Waals surface area contributed by atoms with Crippen LogP contribution < -0.4 is 10.2 Å². The van der Waals surface area contributed by atoms with Gasteiger partial charge in [0.05, 0.1) is 0 Å². The standard InChI is InChI=1S/C13H20N2/c1-4-15-10-13(2,3)14-9-11-7-5-6-8-12(11)15/h5-8,14H,4,9-10H2,1-3H3. The smallest absolute Gasteiger partial charge is 0.0412 e. The number of hydrogen-bond acceptors (Lipinski definition) is 2. The van der Waals surface area contributed by atoms with Crippen molar-refractivity contribution in [3.63, 3.8) is 0 Å². The monoisotopic (exact) mass is 204 g/mol. The predicted octanol–water partition coefficient (Wildman–Crippen LogP) is 2.39. The summed E-state index contributed by atoms with van der Waals surface area (Å²) < 4.78 is 0. The first-order valence-corrected chi connectivity index (χ1v) is 5.70. The van der Waals surface area contributed by atoms with Crippen LogP contribution in [0.5, 0.6) is 0 Å². The first kappa shape index (κ1) is 10.5. The molecule has 15 heavy (non-hydrogen) atoms. The van der Waals surface area contributed by atoms with Crippen LogP contribution in [0.15, 0.2) is 24.3 Å². The molecular weight excluding hydrogens is 184 g/mol. The number of fused-ring (bicyclic) bond motifs is 1. The fourth-order valence-corrected chi connectivity index (χ4v) is 2.20. The number of nitrogens with zero attached hydrogens (tertiary/aromatic N) is 1. The number of likely N-dealkylation sites (N-methyl/N-ethyl adjacent to an activating group) is 1. The molecule has 1 N–H and O–H groups in total. The lowest BCUT2D eigenvalue weighted by Crippen LogP contribution is -2.46. The second kappa shape index (κ2) is 3.86. The zero-order valence-corrected chi connectivity index (χ0v) is 9.88. The highest BCUT2D eigenvalue weighted by molar-refractivity contribution is 5.54. The quantitative estimate of drug-likeness (QED) is 0.755. The van der Waals surface area contributed by atoms with E-state index in [-0.39, 0.29) is 5.54 Å². The van der Waals surface area contributed by atoms with Crippen molar-refractivity contribution >= 4 is 5.69 Å². The van der Waals surface area contributed by atoms with Gasteiger partial charge in [0, 0.05) is 30.9 Å². The molecule has 82 valence electrons. The Balaban J connectivity index is 2.37. The molecule has 0 bridgehead atoms. The maximum atomic E-state index is 3.60. The predicted molar refractivity (Wildman–Crippen MR) is 65.2 cm³/mol. The lowest BCUT2D eigenvalue weighted by Gasteiger charge is -2.31. The molecule has 0 fully saturated rings. The zero-order chi connectivity index (χ0) is 10.9. The zero-order valence-electron chi connectivity index (χ0n) is 9.88. The third-order valence-corrected chi connectivity index (χ3v) is 3.06. The molecular formula is C13H20N2. The van der Waals surface area contributed by atoms with E-state index in [9.17, 15) is 0 Å². The minimum atomic E-state index is 0.190. The summed E-state index contributed by atoms with van der Waals surface area (Å²) in [7, 11) is 0. The van der Waals surface area contributed by atoms with Gasteiger partial charge in [0.1, 0.15) is 0 Å². The summed E-state index contributed by atoms with van der Waals surface area (Å²) in [5.74, 6) is 0. The normalized spacial score (nSPS) is 19.5. The highest BCUT2D eigenvalue weighted by Crippen LogP contribution is 2.25. The molecule has 2 nitrogen and oxygen atoms in total. The van der Waals surface area contributed by atoms with Gasteiger partial charge >= 0.3 is 0 Å². The molecule has 1 aliphatic rings. The van der Waals surface area contributed by atoms with Crippen LogP contribution in [0.25, 0.3) is 0 Å². The van der Waals surface area contributed by atoms with Gasteiger partial charge in [0.15, 0.2) is 0 Å². The van der Waals surface area contributed by atoms with Crippen LogP contribution in [-0.2, 0) is 6.54 Å². The number of hydrogen-bond donors (Lipinski definition) is 1. The van der Waals surface area contributed by atoms with Crippen molar-refractivity contribution in [2.24, 2.45) is 0 Å². The van der Waals surface area contributed by atoms with Crippen LogP contribution in [-0.4, -0.2) is 18.6 Å². The van der Waals surface area contributed by atoms with E-state index in [1.54, 1.807) is 0 Å². The van der Waals surface area contributed by atoms with Gasteiger partial charge in [-0.25, -0.2) is 0 Å². The highest BCUT2D eigenvalue weighted by atomic mass is 15.2. The summed E-state index contributed by atoms with van der Waals surface area (Å²) in [6.45, 7) is 9.86. The van der Waals surface area contributed by atoms with E-state index in [2.05, 4.69) is 55.3 Å². The molecule has 2 heteroatoms. The van der Waals surface area contributed by atoms with Crippen molar-refractivity contribution < 1.29 is 0 Å². The van der Waals surface area contributed by atoms with Crippen LogP contribution >= 0.6 is 0 Å². The molecule has 1 aliphatic heterocycles. The van der Waals surface area contributed by atoms with Crippen LogP contribution in [0.3, 0.4) is 0 Å². The summed E-state index contributed by atoms with van der Waals surface area (Å²) in [4.78, 5) is 2.45. The first-order valence-electron chi connectivity index (χ1n) is 5.70. The minimum absolute atomic E-state index is 0.190. The van der Waals surface area contributed by atoms with Crippen molar-refractivity contribution in [3.8, 4) is 0 Å². The number of benzene rings is 1. The molecule has 0 spiro atoms. The molecule has 0 saturated carbocycles. The average Bonchev–Trinajstić information content (AvgIpc) is 2.36. The van der Waals surface area contributed by atoms with Gasteiger partial charge in [-0.3, -0.25) is 0 Å². The fourth-order valence-electron chi connectivity index (χ4n) is 2.20. The van der Waals surface area contributed by atoms with Crippen molar-refractivity contribution in [2.45, 2.75) is 32.9 Å². The number of nitrogens with one attached hydrogen (secondary N) is 1. The third kappa shape index (κ3) is 2.15. The van der Waals surface area contributed by atoms with Crippen molar-refractivity contribution in [2.75, 3.05) is 18.0 Å². The molecule has 0 aliphatic carbocycles. The number of rotatable bonds is 1. The largest absolute Gasteiger partial charge is 0.370 e. The van der Waals surface area contributed by atoms with Gasteiger partial charge < -0.3 is 10.2 Å². The summed E-state index contributed by atoms with van der Waals surface area (Å²) >= 11 is 0. The van der Waals surface area contributed by atoms with Gasteiger partial charge in [0.2, 0.25) is 0 Å². The Bertz CT molecular complexity index is 344. The molecule has 0 amide bonds. The van der Waals surface area contributed by atoms with E-state index < -0.39 is 0 Å². The summed E-state index contributed by atoms with van der Waals surface area (Å²) in [5, 5.41) is 3.60. The highest BCUT2D eigenvalue weighted by Gasteiger charge is 2.25. The maximum absolute atomic E-state index is 3.60. The van der Waals surface area contributed by atoms with E-state index >= 15 is 0 Å². The lowest BCUT2D eigenvalue weighted by molar-refractivity contribution is 0.397. The Morgan fingerprint density at radius 2 is 2.07 bits per heavy atom. The number of anilines is 1. The van der Waals surface area contributed by atoms with Crippen molar-refractivity contribution in [1.82, 2.24) is 5.32 Å². The topological polar surface area (TPSA) is 15.3 Å². The summed E-state index contributed by atoms with van der Waals surface area (Å²) in [5.41, 5.74) is 2.98. The molecule has 0 unspecified atom stereocenters. The molecule has 1 aromatic rings. The van der Waals surface area contributed by atoms with Crippen LogP contribution in [0, 0.1) is 0 Å². The van der Waals surface area contributed by atoms with Crippen molar-refractivity contribution in [1.29, 1.82) is 0 Å². The molecule has 0 saturated heterocycles. The molecule has 0 atom stereocenters. The van der Waals surface area contributed by atoms with Crippen molar-refractivity contribution in [3.05, 3.63) is 29.8 Å². The Morgan fingerprint density at radius 3 is 2.80 bits per heavy atom. The summed E-state index contributed by atoms with van der Waals surface area (Å²) in [6, 6.07) is 8.68. The minimum Gasteiger partial charge on any atom is -0.370 e. The summed E-state index contributed by atoms with van der Waals surface area (Å²) in [6.07, 6.45) is 0. The Hall–Kier alpha value is -1.02. The molecule has 0 aromatic heterocycles. The van der Waals surface area contributed by atoms with Gasteiger partial charge in [-0.2, -0.15) is 0 Å². The van der Waals surface area contributed by atoms with E-state index in [0.717, 1.165) is 19.6 Å². The van der Waals surface area contributed by atoms with E-state index in [0.29, 0.717) is 0 Å². The van der Waals surface area contributed by atoms with Gasteiger partial charge in [-0.1, -0.05) is 18.2 Å². The molecule has 0 radical (unpaired) electrons. The first-order chi connectivity index (χ1) is 7.12. The Morgan fingerprint density at radius 1 is 1.33 bits per heavy atom. The van der Waals surface area contributed by atoms with Gasteiger partial charge in [0.25, 0.3) is 0 Å². The van der Waals surface area contributed by atoms with E-state index in [1.165, 1.54) is 11.3 Å². The number of para-hydroxylation sites is 1. The second-order valence-corrected chi connectivity index (χ2v) is 4.88. The second-order valence-electron chi connectivity index (χ2n) is 4.88. The van der Waals surface area contributed by atoms with Gasteiger partial charge in [-0.05, 0) is 32.4 Å². The van der Waals surface area contributed by atoms with Gasteiger partial charge in [-0.15, -0.1) is 0 Å². The molecule has 1 heterocycles. The molecule has 1 aromatic carbocycles. The SMILES string of the molecule is CCN1CC(C)(C)NCc2ccccc21. The maximum Gasteiger partial charge on any atom is 0.0412 e.